The molecule has 0 atom stereocenters. The highest BCUT2D eigenvalue weighted by Crippen LogP contribution is 2.50. The van der Waals surface area contributed by atoms with Crippen LogP contribution in [0.15, 0.2) is 109 Å². The second-order valence-corrected chi connectivity index (χ2v) is 11.5. The first kappa shape index (κ1) is 22.6. The number of nitrogens with zero attached hydrogens (tertiary/aromatic N) is 4. The van der Waals surface area contributed by atoms with Crippen LogP contribution in [-0.4, -0.2) is 19.9 Å². The summed E-state index contributed by atoms with van der Waals surface area (Å²) in [7, 11) is 0. The molecule has 0 spiro atoms. The summed E-state index contributed by atoms with van der Waals surface area (Å²) in [4.78, 5) is 20.0. The quantitative estimate of drug-likeness (QED) is 0.201. The summed E-state index contributed by atoms with van der Waals surface area (Å²) in [6.07, 6.45) is 3.71. The maximum atomic E-state index is 5.39. The zero-order valence-corrected chi connectivity index (χ0v) is 22.7. The Bertz CT molecular complexity index is 2400. The van der Waals surface area contributed by atoms with Crippen molar-refractivity contribution in [3.05, 3.63) is 121 Å². The van der Waals surface area contributed by atoms with Crippen LogP contribution in [-0.2, 0) is 5.41 Å². The van der Waals surface area contributed by atoms with Gasteiger partial charge in [0.05, 0.1) is 33.5 Å². The molecule has 9 rings (SSSR count). The predicted octanol–water partition coefficient (Wildman–Crippen LogP) is 9.01. The molecule has 192 valence electrons. The van der Waals surface area contributed by atoms with E-state index in [9.17, 15) is 0 Å². The number of hydrogen-bond donors (Lipinski definition) is 0. The van der Waals surface area contributed by atoms with Crippen LogP contribution in [0.4, 0.5) is 0 Å². The first-order chi connectivity index (χ1) is 20.1. The monoisotopic (exact) mass is 524 g/mol. The van der Waals surface area contributed by atoms with E-state index in [1.165, 1.54) is 27.5 Å². The third-order valence-corrected chi connectivity index (χ3v) is 8.86. The third kappa shape index (κ3) is 3.05. The maximum Gasteiger partial charge on any atom is 0.0975 e. The summed E-state index contributed by atoms with van der Waals surface area (Å²) in [5.41, 5.74) is 10.4. The van der Waals surface area contributed by atoms with Crippen LogP contribution in [0.2, 0.25) is 0 Å². The van der Waals surface area contributed by atoms with Crippen molar-refractivity contribution in [2.24, 2.45) is 0 Å². The highest BCUT2D eigenvalue weighted by Gasteiger charge is 2.38. The molecule has 0 unspecified atom stereocenters. The van der Waals surface area contributed by atoms with Gasteiger partial charge in [0, 0.05) is 50.5 Å². The Labute approximate surface area is 236 Å². The minimum atomic E-state index is -0.235. The molecule has 4 heterocycles. The fourth-order valence-electron chi connectivity index (χ4n) is 6.83. The first-order valence-electron chi connectivity index (χ1n) is 14.0. The zero-order chi connectivity index (χ0) is 27.3. The SMILES string of the molecule is CC1(C)c2ccc(-c3ccc4ccc5cccnc5c4n3)cc2-c2cc3c4ccccc4c4cccnc4c3nc21. The number of aromatic nitrogens is 4. The topological polar surface area (TPSA) is 51.6 Å². The number of fused-ring (bicyclic) bond motifs is 12. The minimum absolute atomic E-state index is 0.235. The molecular weight excluding hydrogens is 500 g/mol. The van der Waals surface area contributed by atoms with Gasteiger partial charge in [-0.2, -0.15) is 0 Å². The van der Waals surface area contributed by atoms with Crippen molar-refractivity contribution >= 4 is 54.4 Å². The van der Waals surface area contributed by atoms with Crippen molar-refractivity contribution < 1.29 is 0 Å². The third-order valence-electron chi connectivity index (χ3n) is 8.86. The van der Waals surface area contributed by atoms with E-state index in [0.717, 1.165) is 60.6 Å². The molecule has 1 aliphatic rings. The van der Waals surface area contributed by atoms with Crippen molar-refractivity contribution in [1.82, 2.24) is 19.9 Å². The molecule has 41 heavy (non-hydrogen) atoms. The van der Waals surface area contributed by atoms with Crippen molar-refractivity contribution in [1.29, 1.82) is 0 Å². The molecule has 0 saturated carbocycles. The molecule has 0 radical (unpaired) electrons. The van der Waals surface area contributed by atoms with Crippen LogP contribution in [0, 0.1) is 0 Å². The fourth-order valence-corrected chi connectivity index (χ4v) is 6.83. The largest absolute Gasteiger partial charge is 0.254 e. The fraction of sp³-hybridized carbons (Fsp3) is 0.0811. The van der Waals surface area contributed by atoms with Gasteiger partial charge in [-0.05, 0) is 52.2 Å². The van der Waals surface area contributed by atoms with Crippen LogP contribution in [0.5, 0.6) is 0 Å². The van der Waals surface area contributed by atoms with Crippen LogP contribution >= 0.6 is 0 Å². The Morgan fingerprint density at radius 2 is 1.22 bits per heavy atom. The van der Waals surface area contributed by atoms with Gasteiger partial charge in [0.1, 0.15) is 0 Å². The Kier molecular flexibility index (Phi) is 4.36. The average molecular weight is 525 g/mol. The Balaban J connectivity index is 1.31. The molecule has 4 aromatic carbocycles. The Morgan fingerprint density at radius 3 is 2.07 bits per heavy atom. The van der Waals surface area contributed by atoms with Gasteiger partial charge in [-0.1, -0.05) is 80.6 Å². The van der Waals surface area contributed by atoms with Gasteiger partial charge in [-0.3, -0.25) is 9.97 Å². The molecular formula is C37H24N4. The van der Waals surface area contributed by atoms with Gasteiger partial charge in [-0.25, -0.2) is 9.97 Å². The number of pyridine rings is 4. The molecule has 4 nitrogen and oxygen atoms in total. The van der Waals surface area contributed by atoms with Crippen LogP contribution in [0.25, 0.3) is 76.8 Å². The van der Waals surface area contributed by atoms with Crippen molar-refractivity contribution in [2.45, 2.75) is 19.3 Å². The van der Waals surface area contributed by atoms with Gasteiger partial charge in [0.2, 0.25) is 0 Å². The van der Waals surface area contributed by atoms with Crippen molar-refractivity contribution in [3.8, 4) is 22.4 Å². The Hall–Kier alpha value is -5.22. The van der Waals surface area contributed by atoms with Gasteiger partial charge >= 0.3 is 0 Å². The predicted molar refractivity (Wildman–Crippen MR) is 168 cm³/mol. The molecule has 4 heteroatoms. The number of hydrogen-bond acceptors (Lipinski definition) is 4. The molecule has 0 bridgehead atoms. The molecule has 1 aliphatic carbocycles. The van der Waals surface area contributed by atoms with E-state index < -0.39 is 0 Å². The van der Waals surface area contributed by atoms with Crippen molar-refractivity contribution in [3.63, 3.8) is 0 Å². The summed E-state index contributed by atoms with van der Waals surface area (Å²) in [6, 6.07) is 34.4. The summed E-state index contributed by atoms with van der Waals surface area (Å²) in [6.45, 7) is 4.55. The summed E-state index contributed by atoms with van der Waals surface area (Å²) >= 11 is 0. The smallest absolute Gasteiger partial charge is 0.0975 e. The zero-order valence-electron chi connectivity index (χ0n) is 22.7. The number of benzene rings is 4. The van der Waals surface area contributed by atoms with E-state index >= 15 is 0 Å². The van der Waals surface area contributed by atoms with Crippen molar-refractivity contribution in [2.75, 3.05) is 0 Å². The molecule has 0 amide bonds. The average Bonchev–Trinajstić information content (AvgIpc) is 3.25. The van der Waals surface area contributed by atoms with Crippen LogP contribution in [0.3, 0.4) is 0 Å². The van der Waals surface area contributed by atoms with E-state index in [0.29, 0.717) is 0 Å². The lowest BCUT2D eigenvalue weighted by molar-refractivity contribution is 0.640. The first-order valence-corrected chi connectivity index (χ1v) is 14.0. The molecule has 0 N–H and O–H groups in total. The summed E-state index contributed by atoms with van der Waals surface area (Å²) < 4.78 is 0. The van der Waals surface area contributed by atoms with Gasteiger partial charge in [0.15, 0.2) is 0 Å². The normalized spacial score (nSPS) is 13.8. The highest BCUT2D eigenvalue weighted by molar-refractivity contribution is 6.23. The van der Waals surface area contributed by atoms with E-state index in [2.05, 4.69) is 104 Å². The minimum Gasteiger partial charge on any atom is -0.254 e. The highest BCUT2D eigenvalue weighted by atomic mass is 14.8. The molecule has 4 aromatic heterocycles. The van der Waals surface area contributed by atoms with E-state index in [1.54, 1.807) is 0 Å². The molecule has 0 fully saturated rings. The van der Waals surface area contributed by atoms with Gasteiger partial charge in [0.25, 0.3) is 0 Å². The van der Waals surface area contributed by atoms with E-state index in [1.807, 2.05) is 24.5 Å². The lowest BCUT2D eigenvalue weighted by Gasteiger charge is -2.21. The van der Waals surface area contributed by atoms with Gasteiger partial charge in [-0.15, -0.1) is 0 Å². The molecule has 0 aliphatic heterocycles. The lowest BCUT2D eigenvalue weighted by atomic mass is 9.84. The Morgan fingerprint density at radius 1 is 0.512 bits per heavy atom. The lowest BCUT2D eigenvalue weighted by Crippen LogP contribution is -2.16. The molecule has 0 saturated heterocycles. The second kappa shape index (κ2) is 7.92. The summed E-state index contributed by atoms with van der Waals surface area (Å²) in [5.74, 6) is 0. The number of rotatable bonds is 1. The molecule has 8 aromatic rings. The van der Waals surface area contributed by atoms with Crippen LogP contribution in [0.1, 0.15) is 25.1 Å². The maximum absolute atomic E-state index is 5.39. The van der Waals surface area contributed by atoms with E-state index in [4.69, 9.17) is 15.0 Å². The van der Waals surface area contributed by atoms with Crippen LogP contribution < -0.4 is 0 Å². The van der Waals surface area contributed by atoms with E-state index in [-0.39, 0.29) is 5.41 Å². The second-order valence-electron chi connectivity index (χ2n) is 11.5. The standard InChI is InChI=1S/C37H24N4/c1-37(2)30-15-13-23(31-16-14-22-12-11-21-7-5-17-38-32(21)33(22)40-31)19-27(30)29-20-28-25-9-4-3-8-24(25)26-10-6-18-39-34(26)35(28)41-36(29)37/h3-20H,1-2H3. The summed E-state index contributed by atoms with van der Waals surface area (Å²) in [5, 5.41) is 6.88. The van der Waals surface area contributed by atoms with Gasteiger partial charge < -0.3 is 0 Å².